The molecular weight excluding hydrogens is 316 g/mol. The highest BCUT2D eigenvalue weighted by atomic mass is 35.5. The summed E-state index contributed by atoms with van der Waals surface area (Å²) in [6.45, 7) is 1.82. The van der Waals surface area contributed by atoms with Gasteiger partial charge in [-0.3, -0.25) is 9.59 Å². The molecule has 2 aromatic rings. The van der Waals surface area contributed by atoms with Crippen LogP contribution >= 0.6 is 11.6 Å². The number of benzene rings is 2. The second-order valence-electron chi connectivity index (χ2n) is 4.89. The maximum absolute atomic E-state index is 11.9. The Kier molecular flexibility index (Phi) is 5.60. The van der Waals surface area contributed by atoms with Crippen molar-refractivity contribution in [2.24, 2.45) is 5.73 Å². The summed E-state index contributed by atoms with van der Waals surface area (Å²) in [7, 11) is 0. The zero-order valence-electron chi connectivity index (χ0n) is 12.6. The normalized spacial score (nSPS) is 10.2. The zero-order chi connectivity index (χ0) is 16.8. The van der Waals surface area contributed by atoms with Crippen molar-refractivity contribution in [2.75, 3.05) is 11.9 Å². The van der Waals surface area contributed by atoms with Gasteiger partial charge in [-0.05, 0) is 42.3 Å². The molecule has 0 aliphatic carbocycles. The molecule has 0 radical (unpaired) electrons. The number of nitrogens with two attached hydrogens (primary N) is 1. The third-order valence-corrected chi connectivity index (χ3v) is 3.45. The van der Waals surface area contributed by atoms with E-state index in [1.54, 1.807) is 6.07 Å². The molecule has 0 fully saturated rings. The highest BCUT2D eigenvalue weighted by molar-refractivity contribution is 6.31. The van der Waals surface area contributed by atoms with Crippen molar-refractivity contribution in [1.82, 2.24) is 0 Å². The van der Waals surface area contributed by atoms with Crippen molar-refractivity contribution >= 4 is 29.1 Å². The van der Waals surface area contributed by atoms with Crippen LogP contribution in [0.5, 0.6) is 5.75 Å². The first kappa shape index (κ1) is 16.8. The van der Waals surface area contributed by atoms with Gasteiger partial charge in [-0.1, -0.05) is 30.7 Å². The van der Waals surface area contributed by atoms with Gasteiger partial charge in [0.05, 0.1) is 5.56 Å². The summed E-state index contributed by atoms with van der Waals surface area (Å²) in [5, 5.41) is 3.08. The first-order valence-electron chi connectivity index (χ1n) is 7.10. The molecule has 0 saturated heterocycles. The van der Waals surface area contributed by atoms with Crippen LogP contribution in [0.3, 0.4) is 0 Å². The number of carbonyl (C=O) groups excluding carboxylic acids is 2. The quantitative estimate of drug-likeness (QED) is 0.853. The molecule has 0 bridgehead atoms. The fourth-order valence-electron chi connectivity index (χ4n) is 1.98. The van der Waals surface area contributed by atoms with Gasteiger partial charge in [0.2, 0.25) is 0 Å². The van der Waals surface area contributed by atoms with Crippen LogP contribution in [-0.2, 0) is 11.2 Å². The second kappa shape index (κ2) is 7.65. The summed E-state index contributed by atoms with van der Waals surface area (Å²) in [4.78, 5) is 23.3. The van der Waals surface area contributed by atoms with E-state index in [0.29, 0.717) is 10.7 Å². The predicted molar refractivity (Wildman–Crippen MR) is 89.9 cm³/mol. The van der Waals surface area contributed by atoms with E-state index in [0.717, 1.165) is 6.42 Å². The van der Waals surface area contributed by atoms with Crippen LogP contribution in [0.15, 0.2) is 42.5 Å². The van der Waals surface area contributed by atoms with E-state index < -0.39 is 5.91 Å². The number of carbonyl (C=O) groups is 2. The lowest BCUT2D eigenvalue weighted by molar-refractivity contribution is -0.118. The third kappa shape index (κ3) is 4.72. The van der Waals surface area contributed by atoms with Crippen molar-refractivity contribution in [3.05, 3.63) is 58.6 Å². The average molecular weight is 333 g/mol. The summed E-state index contributed by atoms with van der Waals surface area (Å²) in [6.07, 6.45) is 0.934. The molecule has 0 aromatic heterocycles. The Morgan fingerprint density at radius 3 is 2.48 bits per heavy atom. The van der Waals surface area contributed by atoms with E-state index >= 15 is 0 Å². The minimum absolute atomic E-state index is 0.137. The number of amides is 2. The zero-order valence-corrected chi connectivity index (χ0v) is 13.4. The minimum atomic E-state index is -0.668. The summed E-state index contributed by atoms with van der Waals surface area (Å²) in [6, 6.07) is 12.0. The number of anilines is 1. The number of hydrogen-bond acceptors (Lipinski definition) is 3. The molecule has 0 saturated carbocycles. The van der Waals surface area contributed by atoms with E-state index in [1.807, 2.05) is 24.3 Å². The Morgan fingerprint density at radius 1 is 1.17 bits per heavy atom. The van der Waals surface area contributed by atoms with Crippen molar-refractivity contribution < 1.29 is 14.3 Å². The van der Waals surface area contributed by atoms with E-state index in [-0.39, 0.29) is 23.8 Å². The van der Waals surface area contributed by atoms with Gasteiger partial charge in [0, 0.05) is 10.7 Å². The molecule has 6 heteroatoms. The number of ether oxygens (including phenoxy) is 1. The van der Waals surface area contributed by atoms with Gasteiger partial charge in [0.25, 0.3) is 11.8 Å². The highest BCUT2D eigenvalue weighted by Gasteiger charge is 2.12. The van der Waals surface area contributed by atoms with Gasteiger partial charge in [0.1, 0.15) is 5.75 Å². The minimum Gasteiger partial charge on any atom is -0.483 e. The Hall–Kier alpha value is -2.53. The molecule has 3 N–H and O–H groups in total. The number of aryl methyl sites for hydroxylation is 1. The molecule has 0 unspecified atom stereocenters. The number of hydrogen-bond donors (Lipinski definition) is 2. The summed E-state index contributed by atoms with van der Waals surface area (Å²) >= 11 is 5.81. The fourth-order valence-corrected chi connectivity index (χ4v) is 2.16. The first-order chi connectivity index (χ1) is 11.0. The van der Waals surface area contributed by atoms with Gasteiger partial charge in [-0.2, -0.15) is 0 Å². The Balaban J connectivity index is 1.97. The molecule has 23 heavy (non-hydrogen) atoms. The van der Waals surface area contributed by atoms with Gasteiger partial charge in [-0.25, -0.2) is 0 Å². The van der Waals surface area contributed by atoms with E-state index in [9.17, 15) is 9.59 Å². The summed E-state index contributed by atoms with van der Waals surface area (Å²) < 4.78 is 5.36. The van der Waals surface area contributed by atoms with E-state index in [2.05, 4.69) is 12.2 Å². The van der Waals surface area contributed by atoms with Crippen LogP contribution in [0.25, 0.3) is 0 Å². The molecule has 0 heterocycles. The maximum Gasteiger partial charge on any atom is 0.262 e. The van der Waals surface area contributed by atoms with Crippen molar-refractivity contribution in [3.63, 3.8) is 0 Å². The molecule has 2 aromatic carbocycles. The van der Waals surface area contributed by atoms with Crippen molar-refractivity contribution in [1.29, 1.82) is 0 Å². The highest BCUT2D eigenvalue weighted by Crippen LogP contribution is 2.22. The monoisotopic (exact) mass is 332 g/mol. The molecule has 0 atom stereocenters. The topological polar surface area (TPSA) is 81.4 Å². The third-order valence-electron chi connectivity index (χ3n) is 3.21. The van der Waals surface area contributed by atoms with Gasteiger partial charge < -0.3 is 15.8 Å². The number of rotatable bonds is 6. The lowest BCUT2D eigenvalue weighted by Crippen LogP contribution is -2.21. The summed E-state index contributed by atoms with van der Waals surface area (Å²) in [5.41, 5.74) is 7.27. The smallest absolute Gasteiger partial charge is 0.262 e. The summed E-state index contributed by atoms with van der Waals surface area (Å²) in [5.74, 6) is -0.781. The second-order valence-corrected chi connectivity index (χ2v) is 5.33. The maximum atomic E-state index is 11.9. The van der Waals surface area contributed by atoms with Gasteiger partial charge in [0.15, 0.2) is 6.61 Å². The van der Waals surface area contributed by atoms with Crippen LogP contribution in [0.4, 0.5) is 5.69 Å². The number of nitrogens with one attached hydrogen (secondary N) is 1. The first-order valence-corrected chi connectivity index (χ1v) is 7.48. The van der Waals surface area contributed by atoms with E-state index in [1.165, 1.54) is 17.7 Å². The van der Waals surface area contributed by atoms with Gasteiger partial charge in [-0.15, -0.1) is 0 Å². The van der Waals surface area contributed by atoms with Crippen LogP contribution in [0, 0.1) is 0 Å². The Bertz CT molecular complexity index is 714. The van der Waals surface area contributed by atoms with Crippen LogP contribution in [0.2, 0.25) is 5.02 Å². The molecule has 5 nitrogen and oxygen atoms in total. The SMILES string of the molecule is CCc1ccc(NC(=O)COc2ccc(Cl)cc2C(N)=O)cc1. The molecule has 120 valence electrons. The molecule has 2 rings (SSSR count). The fraction of sp³-hybridized carbons (Fsp3) is 0.176. The average Bonchev–Trinajstić information content (AvgIpc) is 2.54. The van der Waals surface area contributed by atoms with Crippen molar-refractivity contribution in [2.45, 2.75) is 13.3 Å². The van der Waals surface area contributed by atoms with Crippen molar-refractivity contribution in [3.8, 4) is 5.75 Å². The van der Waals surface area contributed by atoms with Crippen LogP contribution in [0.1, 0.15) is 22.8 Å². The molecule has 0 aliphatic rings. The van der Waals surface area contributed by atoms with Crippen LogP contribution < -0.4 is 15.8 Å². The lowest BCUT2D eigenvalue weighted by Gasteiger charge is -2.10. The van der Waals surface area contributed by atoms with Crippen LogP contribution in [-0.4, -0.2) is 18.4 Å². The molecule has 0 spiro atoms. The molecule has 2 amide bonds. The Morgan fingerprint density at radius 2 is 1.87 bits per heavy atom. The molecule has 0 aliphatic heterocycles. The predicted octanol–water partition coefficient (Wildman–Crippen LogP) is 3.02. The standard InChI is InChI=1S/C17H17ClN2O3/c1-2-11-3-6-13(7-4-11)20-16(21)10-23-15-8-5-12(18)9-14(15)17(19)22/h3-9H,2,10H2,1H3,(H2,19,22)(H,20,21). The lowest BCUT2D eigenvalue weighted by atomic mass is 10.1. The number of halogens is 1. The Labute approximate surface area is 139 Å². The van der Waals surface area contributed by atoms with Gasteiger partial charge >= 0.3 is 0 Å². The number of primary amides is 1. The molecular formula is C17H17ClN2O3. The van der Waals surface area contributed by atoms with E-state index in [4.69, 9.17) is 22.1 Å². The largest absolute Gasteiger partial charge is 0.483 e.